The zero-order valence-electron chi connectivity index (χ0n) is 12.8. The number of carbonyl (C=O) groups is 1. The fourth-order valence-corrected chi connectivity index (χ4v) is 3.00. The molecule has 0 aliphatic carbocycles. The molecule has 3 nitrogen and oxygen atoms in total. The molecule has 0 saturated carbocycles. The monoisotopic (exact) mass is 273 g/mol. The van der Waals surface area contributed by atoms with E-state index in [1.165, 1.54) is 29.3 Å². The van der Waals surface area contributed by atoms with Crippen molar-refractivity contribution in [2.24, 2.45) is 0 Å². The Bertz CT molecular complexity index is 625. The van der Waals surface area contributed by atoms with Crippen molar-refractivity contribution in [2.45, 2.75) is 46.6 Å². The SMILES string of the molecule is CCCc1c(CC)c2cc(C(=O)OC)ccc2n1CC. The molecule has 108 valence electrons. The number of aromatic nitrogens is 1. The van der Waals surface area contributed by atoms with Crippen LogP contribution in [0.2, 0.25) is 0 Å². The first-order valence-corrected chi connectivity index (χ1v) is 7.40. The minimum absolute atomic E-state index is 0.268. The van der Waals surface area contributed by atoms with Gasteiger partial charge < -0.3 is 9.30 Å². The lowest BCUT2D eigenvalue weighted by atomic mass is 10.0. The van der Waals surface area contributed by atoms with Gasteiger partial charge in [-0.1, -0.05) is 20.3 Å². The first-order valence-electron chi connectivity index (χ1n) is 7.40. The lowest BCUT2D eigenvalue weighted by Gasteiger charge is -2.08. The summed E-state index contributed by atoms with van der Waals surface area (Å²) >= 11 is 0. The maximum Gasteiger partial charge on any atom is 0.337 e. The molecule has 2 aromatic rings. The van der Waals surface area contributed by atoms with Crippen LogP contribution < -0.4 is 0 Å². The molecule has 2 rings (SSSR count). The van der Waals surface area contributed by atoms with Crippen molar-refractivity contribution >= 4 is 16.9 Å². The second-order valence-electron chi connectivity index (χ2n) is 5.00. The highest BCUT2D eigenvalue weighted by molar-refractivity contribution is 5.96. The number of methoxy groups -OCH3 is 1. The Morgan fingerprint density at radius 1 is 1.25 bits per heavy atom. The molecule has 0 aliphatic heterocycles. The summed E-state index contributed by atoms with van der Waals surface area (Å²) in [4.78, 5) is 11.7. The van der Waals surface area contributed by atoms with Crippen LogP contribution in [-0.4, -0.2) is 17.6 Å². The summed E-state index contributed by atoms with van der Waals surface area (Å²) in [6.45, 7) is 7.52. The summed E-state index contributed by atoms with van der Waals surface area (Å²) in [5.41, 5.74) is 4.63. The first kappa shape index (κ1) is 14.6. The second-order valence-corrected chi connectivity index (χ2v) is 5.00. The van der Waals surface area contributed by atoms with Crippen LogP contribution in [0.1, 0.15) is 48.8 Å². The normalized spacial score (nSPS) is 11.0. The van der Waals surface area contributed by atoms with E-state index >= 15 is 0 Å². The molecule has 0 spiro atoms. The Balaban J connectivity index is 2.70. The van der Waals surface area contributed by atoms with Crippen molar-refractivity contribution in [1.29, 1.82) is 0 Å². The van der Waals surface area contributed by atoms with Crippen molar-refractivity contribution in [3.05, 3.63) is 35.0 Å². The fraction of sp³-hybridized carbons (Fsp3) is 0.471. The molecule has 0 unspecified atom stereocenters. The zero-order chi connectivity index (χ0) is 14.7. The predicted octanol–water partition coefficient (Wildman–Crippen LogP) is 3.96. The van der Waals surface area contributed by atoms with Gasteiger partial charge in [0.1, 0.15) is 0 Å². The van der Waals surface area contributed by atoms with Gasteiger partial charge in [0.05, 0.1) is 12.7 Å². The Morgan fingerprint density at radius 3 is 2.55 bits per heavy atom. The zero-order valence-corrected chi connectivity index (χ0v) is 12.8. The molecule has 0 aliphatic rings. The molecule has 1 heterocycles. The minimum Gasteiger partial charge on any atom is -0.465 e. The van der Waals surface area contributed by atoms with E-state index in [4.69, 9.17) is 4.74 Å². The number of rotatable bonds is 5. The fourth-order valence-electron chi connectivity index (χ4n) is 3.00. The van der Waals surface area contributed by atoms with Gasteiger partial charge in [-0.25, -0.2) is 4.79 Å². The maximum atomic E-state index is 11.7. The van der Waals surface area contributed by atoms with Gasteiger partial charge >= 0.3 is 5.97 Å². The van der Waals surface area contributed by atoms with Crippen LogP contribution in [0.4, 0.5) is 0 Å². The van der Waals surface area contributed by atoms with Gasteiger partial charge in [0.15, 0.2) is 0 Å². The largest absolute Gasteiger partial charge is 0.465 e. The third-order valence-corrected chi connectivity index (χ3v) is 3.86. The number of hydrogen-bond acceptors (Lipinski definition) is 2. The number of hydrogen-bond donors (Lipinski definition) is 0. The van der Waals surface area contributed by atoms with E-state index in [0.717, 1.165) is 25.8 Å². The van der Waals surface area contributed by atoms with Gasteiger partial charge in [0.25, 0.3) is 0 Å². The van der Waals surface area contributed by atoms with Crippen LogP contribution in [-0.2, 0) is 24.1 Å². The van der Waals surface area contributed by atoms with E-state index in [2.05, 4.69) is 25.3 Å². The summed E-state index contributed by atoms with van der Waals surface area (Å²) in [7, 11) is 1.42. The lowest BCUT2D eigenvalue weighted by molar-refractivity contribution is 0.0601. The number of carbonyl (C=O) groups excluding carboxylic acids is 1. The number of benzene rings is 1. The molecule has 3 heteroatoms. The van der Waals surface area contributed by atoms with Gasteiger partial charge in [-0.05, 0) is 43.5 Å². The van der Waals surface area contributed by atoms with Crippen LogP contribution in [0.5, 0.6) is 0 Å². The van der Waals surface area contributed by atoms with Crippen molar-refractivity contribution < 1.29 is 9.53 Å². The third kappa shape index (κ3) is 2.33. The Morgan fingerprint density at radius 2 is 2.00 bits per heavy atom. The van der Waals surface area contributed by atoms with E-state index in [1.54, 1.807) is 0 Å². The quantitative estimate of drug-likeness (QED) is 0.772. The van der Waals surface area contributed by atoms with E-state index in [-0.39, 0.29) is 5.97 Å². The topological polar surface area (TPSA) is 31.2 Å². The van der Waals surface area contributed by atoms with E-state index in [0.29, 0.717) is 5.56 Å². The standard InChI is InChI=1S/C17H23NO2/c1-5-8-15-13(6-2)14-11-12(17(19)20-4)9-10-16(14)18(15)7-3/h9-11H,5-8H2,1-4H3. The molecular formula is C17H23NO2. The third-order valence-electron chi connectivity index (χ3n) is 3.86. The lowest BCUT2D eigenvalue weighted by Crippen LogP contribution is -2.02. The number of nitrogens with zero attached hydrogens (tertiary/aromatic N) is 1. The van der Waals surface area contributed by atoms with Gasteiger partial charge in [0.2, 0.25) is 0 Å². The molecule has 0 atom stereocenters. The molecule has 0 bridgehead atoms. The van der Waals surface area contributed by atoms with Crippen LogP contribution in [0.25, 0.3) is 10.9 Å². The van der Waals surface area contributed by atoms with Crippen LogP contribution in [0.3, 0.4) is 0 Å². The number of fused-ring (bicyclic) bond motifs is 1. The van der Waals surface area contributed by atoms with E-state index in [1.807, 2.05) is 18.2 Å². The molecule has 1 aromatic heterocycles. The van der Waals surface area contributed by atoms with Crippen molar-refractivity contribution in [3.63, 3.8) is 0 Å². The summed E-state index contributed by atoms with van der Waals surface area (Å²) in [5, 5.41) is 1.20. The highest BCUT2D eigenvalue weighted by Crippen LogP contribution is 2.29. The molecule has 1 aromatic carbocycles. The second kappa shape index (κ2) is 6.12. The van der Waals surface area contributed by atoms with Crippen molar-refractivity contribution in [1.82, 2.24) is 4.57 Å². The molecule has 0 fully saturated rings. The highest BCUT2D eigenvalue weighted by atomic mass is 16.5. The van der Waals surface area contributed by atoms with Gasteiger partial charge in [-0.15, -0.1) is 0 Å². The van der Waals surface area contributed by atoms with Crippen LogP contribution in [0, 0.1) is 0 Å². The predicted molar refractivity (Wildman–Crippen MR) is 82.3 cm³/mol. The Labute approximate surface area is 120 Å². The highest BCUT2D eigenvalue weighted by Gasteiger charge is 2.16. The summed E-state index contributed by atoms with van der Waals surface area (Å²) in [6.07, 6.45) is 3.20. The Kier molecular flexibility index (Phi) is 4.48. The van der Waals surface area contributed by atoms with Gasteiger partial charge in [0, 0.05) is 23.1 Å². The average molecular weight is 273 g/mol. The summed E-state index contributed by atoms with van der Waals surface area (Å²) in [6, 6.07) is 5.88. The number of ether oxygens (including phenoxy) is 1. The molecule has 0 amide bonds. The van der Waals surface area contributed by atoms with Crippen molar-refractivity contribution in [2.75, 3.05) is 7.11 Å². The maximum absolute atomic E-state index is 11.7. The molecular weight excluding hydrogens is 250 g/mol. The summed E-state index contributed by atoms with van der Waals surface area (Å²) in [5.74, 6) is -0.268. The molecule has 0 radical (unpaired) electrons. The molecule has 0 saturated heterocycles. The van der Waals surface area contributed by atoms with Gasteiger partial charge in [-0.2, -0.15) is 0 Å². The van der Waals surface area contributed by atoms with Crippen molar-refractivity contribution in [3.8, 4) is 0 Å². The smallest absolute Gasteiger partial charge is 0.337 e. The van der Waals surface area contributed by atoms with Gasteiger partial charge in [-0.3, -0.25) is 0 Å². The average Bonchev–Trinajstić information content (AvgIpc) is 2.78. The molecule has 20 heavy (non-hydrogen) atoms. The summed E-state index contributed by atoms with van der Waals surface area (Å²) < 4.78 is 7.20. The first-order chi connectivity index (χ1) is 9.67. The number of aryl methyl sites for hydroxylation is 2. The van der Waals surface area contributed by atoms with E-state index < -0.39 is 0 Å². The van der Waals surface area contributed by atoms with Crippen LogP contribution >= 0.6 is 0 Å². The Hall–Kier alpha value is -1.77. The van der Waals surface area contributed by atoms with Crippen LogP contribution in [0.15, 0.2) is 18.2 Å². The number of esters is 1. The molecule has 0 N–H and O–H groups in total. The van der Waals surface area contributed by atoms with E-state index in [9.17, 15) is 4.79 Å². The minimum atomic E-state index is -0.268.